The fourth-order valence-corrected chi connectivity index (χ4v) is 3.56. The summed E-state index contributed by atoms with van der Waals surface area (Å²) in [6.07, 6.45) is 9.85. The minimum Gasteiger partial charge on any atom is -0.311 e. The van der Waals surface area contributed by atoms with Crippen molar-refractivity contribution < 1.29 is 0 Å². The van der Waals surface area contributed by atoms with Gasteiger partial charge in [0.15, 0.2) is 0 Å². The van der Waals surface area contributed by atoms with Gasteiger partial charge in [0.1, 0.15) is 0 Å². The van der Waals surface area contributed by atoms with Gasteiger partial charge in [-0.15, -0.1) is 0 Å². The van der Waals surface area contributed by atoms with Gasteiger partial charge in [0.25, 0.3) is 0 Å². The Bertz CT molecular complexity index is 217. The van der Waals surface area contributed by atoms with Gasteiger partial charge < -0.3 is 10.2 Å². The minimum atomic E-state index is 0.793. The number of hydrogen-bond donors (Lipinski definition) is 1. The van der Waals surface area contributed by atoms with E-state index in [9.17, 15) is 0 Å². The van der Waals surface area contributed by atoms with Crippen LogP contribution in [-0.2, 0) is 0 Å². The molecule has 1 saturated carbocycles. The second kappa shape index (κ2) is 6.75. The van der Waals surface area contributed by atoms with Crippen LogP contribution in [0.25, 0.3) is 0 Å². The van der Waals surface area contributed by atoms with Gasteiger partial charge in [0, 0.05) is 12.1 Å². The molecule has 1 aliphatic heterocycles. The highest BCUT2D eigenvalue weighted by Gasteiger charge is 2.23. The molecule has 100 valence electrons. The molecule has 1 heterocycles. The molecule has 0 spiro atoms. The zero-order chi connectivity index (χ0) is 12.1. The zero-order valence-electron chi connectivity index (χ0n) is 11.8. The number of likely N-dealkylation sites (tertiary alicyclic amines) is 1. The maximum Gasteiger partial charge on any atom is 0.00823 e. The summed E-state index contributed by atoms with van der Waals surface area (Å²) in [6.45, 7) is 8.55. The van der Waals surface area contributed by atoms with E-state index in [4.69, 9.17) is 0 Å². The van der Waals surface area contributed by atoms with E-state index in [0.29, 0.717) is 0 Å². The van der Waals surface area contributed by atoms with Crippen molar-refractivity contribution in [1.82, 2.24) is 10.2 Å². The first-order valence-corrected chi connectivity index (χ1v) is 7.76. The van der Waals surface area contributed by atoms with E-state index in [1.54, 1.807) is 0 Å². The Morgan fingerprint density at radius 3 is 2.59 bits per heavy atom. The molecule has 2 aliphatic rings. The number of rotatable bonds is 3. The van der Waals surface area contributed by atoms with Crippen molar-refractivity contribution in [2.45, 2.75) is 70.9 Å². The first-order valence-electron chi connectivity index (χ1n) is 7.76. The summed E-state index contributed by atoms with van der Waals surface area (Å²) in [4.78, 5) is 2.60. The van der Waals surface area contributed by atoms with E-state index in [2.05, 4.69) is 24.1 Å². The van der Waals surface area contributed by atoms with Gasteiger partial charge in [-0.3, -0.25) is 0 Å². The Morgan fingerprint density at radius 1 is 1.00 bits per heavy atom. The van der Waals surface area contributed by atoms with Crippen LogP contribution in [-0.4, -0.2) is 36.6 Å². The molecule has 2 nitrogen and oxygen atoms in total. The molecule has 0 aromatic heterocycles. The number of hydrogen-bond acceptors (Lipinski definition) is 2. The first kappa shape index (κ1) is 13.4. The van der Waals surface area contributed by atoms with Crippen molar-refractivity contribution in [3.63, 3.8) is 0 Å². The molecule has 1 N–H and O–H groups in total. The van der Waals surface area contributed by atoms with Gasteiger partial charge in [-0.25, -0.2) is 0 Å². The molecule has 17 heavy (non-hydrogen) atoms. The lowest BCUT2D eigenvalue weighted by Gasteiger charge is -2.31. The lowest BCUT2D eigenvalue weighted by Crippen LogP contribution is -2.41. The largest absolute Gasteiger partial charge is 0.311 e. The van der Waals surface area contributed by atoms with Crippen LogP contribution < -0.4 is 5.32 Å². The molecule has 0 amide bonds. The fraction of sp³-hybridized carbons (Fsp3) is 1.00. The highest BCUT2D eigenvalue weighted by Crippen LogP contribution is 2.24. The monoisotopic (exact) mass is 238 g/mol. The van der Waals surface area contributed by atoms with Crippen molar-refractivity contribution in [1.29, 1.82) is 0 Å². The molecule has 2 heteroatoms. The van der Waals surface area contributed by atoms with Gasteiger partial charge >= 0.3 is 0 Å². The quantitative estimate of drug-likeness (QED) is 0.813. The Balaban J connectivity index is 1.74. The van der Waals surface area contributed by atoms with Crippen LogP contribution in [0.2, 0.25) is 0 Å². The highest BCUT2D eigenvalue weighted by molar-refractivity contribution is 4.82. The molecule has 3 unspecified atom stereocenters. The molecular formula is C15H30N2. The second-order valence-corrected chi connectivity index (χ2v) is 6.20. The van der Waals surface area contributed by atoms with Crippen LogP contribution in [0.4, 0.5) is 0 Å². The van der Waals surface area contributed by atoms with Gasteiger partial charge in [-0.1, -0.05) is 26.7 Å². The van der Waals surface area contributed by atoms with E-state index >= 15 is 0 Å². The average molecular weight is 238 g/mol. The minimum absolute atomic E-state index is 0.793. The zero-order valence-corrected chi connectivity index (χ0v) is 11.8. The molecule has 0 radical (unpaired) electrons. The SMILES string of the molecule is CCN1CCCC(NC2CCCC(C)C2)CC1. The highest BCUT2D eigenvalue weighted by atomic mass is 15.1. The molecule has 0 aromatic carbocycles. The normalized spacial score (nSPS) is 36.7. The third kappa shape index (κ3) is 4.26. The summed E-state index contributed by atoms with van der Waals surface area (Å²) in [7, 11) is 0. The molecule has 2 rings (SSSR count). The Labute approximate surface area is 107 Å². The Kier molecular flexibility index (Phi) is 5.30. The summed E-state index contributed by atoms with van der Waals surface area (Å²) in [5.74, 6) is 0.944. The fourth-order valence-electron chi connectivity index (χ4n) is 3.56. The molecule has 0 aromatic rings. The second-order valence-electron chi connectivity index (χ2n) is 6.20. The summed E-state index contributed by atoms with van der Waals surface area (Å²) in [6, 6.07) is 1.61. The lowest BCUT2D eigenvalue weighted by molar-refractivity contribution is 0.264. The van der Waals surface area contributed by atoms with Gasteiger partial charge in [0.2, 0.25) is 0 Å². The summed E-state index contributed by atoms with van der Waals surface area (Å²) in [5.41, 5.74) is 0. The first-order chi connectivity index (χ1) is 8.28. The third-order valence-corrected chi connectivity index (χ3v) is 4.68. The standard InChI is InChI=1S/C15H30N2/c1-3-17-10-5-8-14(9-11-17)16-15-7-4-6-13(2)12-15/h13-16H,3-12H2,1-2H3. The van der Waals surface area contributed by atoms with Crippen molar-refractivity contribution in [2.75, 3.05) is 19.6 Å². The van der Waals surface area contributed by atoms with E-state index in [0.717, 1.165) is 18.0 Å². The van der Waals surface area contributed by atoms with E-state index in [1.807, 2.05) is 0 Å². The maximum atomic E-state index is 3.95. The number of nitrogens with zero attached hydrogens (tertiary/aromatic N) is 1. The van der Waals surface area contributed by atoms with E-state index in [1.165, 1.54) is 64.6 Å². The predicted molar refractivity (Wildman–Crippen MR) is 74.3 cm³/mol. The predicted octanol–water partition coefficient (Wildman–Crippen LogP) is 3.03. The van der Waals surface area contributed by atoms with Gasteiger partial charge in [0.05, 0.1) is 0 Å². The van der Waals surface area contributed by atoms with Gasteiger partial charge in [-0.2, -0.15) is 0 Å². The van der Waals surface area contributed by atoms with Crippen molar-refractivity contribution >= 4 is 0 Å². The molecule has 3 atom stereocenters. The molecule has 0 bridgehead atoms. The van der Waals surface area contributed by atoms with Crippen molar-refractivity contribution in [2.24, 2.45) is 5.92 Å². The Hall–Kier alpha value is -0.0800. The average Bonchev–Trinajstić information content (AvgIpc) is 2.54. The lowest BCUT2D eigenvalue weighted by atomic mass is 9.86. The summed E-state index contributed by atoms with van der Waals surface area (Å²) < 4.78 is 0. The van der Waals surface area contributed by atoms with Crippen LogP contribution in [0.15, 0.2) is 0 Å². The topological polar surface area (TPSA) is 15.3 Å². The van der Waals surface area contributed by atoms with Crippen LogP contribution in [0.5, 0.6) is 0 Å². The van der Waals surface area contributed by atoms with E-state index in [-0.39, 0.29) is 0 Å². The van der Waals surface area contributed by atoms with Crippen LogP contribution in [0.3, 0.4) is 0 Å². The summed E-state index contributed by atoms with van der Waals surface area (Å²) >= 11 is 0. The van der Waals surface area contributed by atoms with Crippen LogP contribution in [0, 0.1) is 5.92 Å². The Morgan fingerprint density at radius 2 is 1.82 bits per heavy atom. The van der Waals surface area contributed by atoms with Crippen LogP contribution in [0.1, 0.15) is 58.8 Å². The molecule has 1 aliphatic carbocycles. The maximum absolute atomic E-state index is 3.95. The molecule has 2 fully saturated rings. The van der Waals surface area contributed by atoms with Crippen molar-refractivity contribution in [3.05, 3.63) is 0 Å². The van der Waals surface area contributed by atoms with Crippen LogP contribution >= 0.6 is 0 Å². The third-order valence-electron chi connectivity index (χ3n) is 4.68. The summed E-state index contributed by atoms with van der Waals surface area (Å²) in [5, 5.41) is 3.95. The van der Waals surface area contributed by atoms with Gasteiger partial charge in [-0.05, 0) is 57.7 Å². The smallest absolute Gasteiger partial charge is 0.00823 e. The molecule has 1 saturated heterocycles. The number of nitrogens with one attached hydrogen (secondary N) is 1. The van der Waals surface area contributed by atoms with E-state index < -0.39 is 0 Å². The molecular weight excluding hydrogens is 208 g/mol. The van der Waals surface area contributed by atoms with Crippen molar-refractivity contribution in [3.8, 4) is 0 Å².